The number of amides is 1. The number of fused-ring (bicyclic) bond motifs is 2. The predicted molar refractivity (Wildman–Crippen MR) is 90.7 cm³/mol. The summed E-state index contributed by atoms with van der Waals surface area (Å²) in [5.41, 5.74) is 8.22. The number of rotatable bonds is 3. The number of anilines is 1. The lowest BCUT2D eigenvalue weighted by molar-refractivity contribution is -0.121. The van der Waals surface area contributed by atoms with E-state index in [9.17, 15) is 9.59 Å². The number of hydrogen-bond donors (Lipinski definition) is 2. The van der Waals surface area contributed by atoms with Gasteiger partial charge in [-0.15, -0.1) is 12.4 Å². The van der Waals surface area contributed by atoms with Crippen LogP contribution in [0.3, 0.4) is 0 Å². The van der Waals surface area contributed by atoms with E-state index in [0.717, 1.165) is 24.8 Å². The molecule has 0 spiro atoms. The van der Waals surface area contributed by atoms with Gasteiger partial charge in [-0.25, -0.2) is 4.79 Å². The van der Waals surface area contributed by atoms with Crippen LogP contribution < -0.4 is 11.1 Å². The number of ether oxygens (including phenoxy) is 1. The molecule has 2 fully saturated rings. The Labute approximate surface area is 142 Å². The number of nitrogens with one attached hydrogen (secondary N) is 1. The minimum absolute atomic E-state index is 0. The normalized spacial score (nSPS) is 28.1. The van der Waals surface area contributed by atoms with Gasteiger partial charge in [0.15, 0.2) is 0 Å². The maximum atomic E-state index is 12.6. The predicted octanol–water partition coefficient (Wildman–Crippen LogP) is 2.52. The zero-order valence-electron chi connectivity index (χ0n) is 13.4. The molecule has 4 unspecified atom stereocenters. The molecule has 3 N–H and O–H groups in total. The quantitative estimate of drug-likeness (QED) is 0.830. The van der Waals surface area contributed by atoms with Crippen molar-refractivity contribution in [2.75, 3.05) is 12.4 Å². The first-order valence-corrected chi connectivity index (χ1v) is 7.76. The number of hydrogen-bond acceptors (Lipinski definition) is 4. The van der Waals surface area contributed by atoms with E-state index in [0.29, 0.717) is 23.1 Å². The van der Waals surface area contributed by atoms with Crippen molar-refractivity contribution in [3.63, 3.8) is 0 Å². The highest BCUT2D eigenvalue weighted by Gasteiger charge is 2.49. The van der Waals surface area contributed by atoms with Crippen molar-refractivity contribution in [3.8, 4) is 0 Å². The molecule has 126 valence electrons. The molecule has 2 aliphatic rings. The van der Waals surface area contributed by atoms with Crippen LogP contribution >= 0.6 is 12.4 Å². The summed E-state index contributed by atoms with van der Waals surface area (Å²) in [7, 11) is 1.34. The summed E-state index contributed by atoms with van der Waals surface area (Å²) in [6.45, 7) is 1.90. The summed E-state index contributed by atoms with van der Waals surface area (Å²) >= 11 is 0. The van der Waals surface area contributed by atoms with E-state index in [1.165, 1.54) is 7.11 Å². The van der Waals surface area contributed by atoms with Crippen LogP contribution in [0.2, 0.25) is 0 Å². The maximum Gasteiger partial charge on any atom is 0.337 e. The summed E-state index contributed by atoms with van der Waals surface area (Å²) in [5.74, 6) is 0.351. The van der Waals surface area contributed by atoms with Gasteiger partial charge in [-0.05, 0) is 55.7 Å². The molecule has 4 atom stereocenters. The zero-order chi connectivity index (χ0) is 15.9. The highest BCUT2D eigenvalue weighted by molar-refractivity contribution is 5.97. The molecule has 2 aliphatic carbocycles. The van der Waals surface area contributed by atoms with Crippen molar-refractivity contribution >= 4 is 30.0 Å². The number of carbonyl (C=O) groups is 2. The van der Waals surface area contributed by atoms with Gasteiger partial charge in [0.25, 0.3) is 0 Å². The number of carbonyl (C=O) groups excluding carboxylic acids is 2. The van der Waals surface area contributed by atoms with Gasteiger partial charge >= 0.3 is 5.97 Å². The van der Waals surface area contributed by atoms with Gasteiger partial charge in [-0.2, -0.15) is 0 Å². The minimum atomic E-state index is -0.410. The zero-order valence-corrected chi connectivity index (χ0v) is 14.2. The Kier molecular flexibility index (Phi) is 5.32. The Balaban J connectivity index is 0.00000192. The summed E-state index contributed by atoms with van der Waals surface area (Å²) in [4.78, 5) is 24.2. The number of nitrogens with two attached hydrogens (primary N) is 1. The van der Waals surface area contributed by atoms with Gasteiger partial charge in [-0.3, -0.25) is 4.79 Å². The highest BCUT2D eigenvalue weighted by Crippen LogP contribution is 2.48. The smallest absolute Gasteiger partial charge is 0.337 e. The molecular formula is C17H23ClN2O3. The third kappa shape index (κ3) is 3.21. The van der Waals surface area contributed by atoms with Crippen molar-refractivity contribution < 1.29 is 14.3 Å². The van der Waals surface area contributed by atoms with Gasteiger partial charge in [0.05, 0.1) is 18.6 Å². The number of esters is 1. The number of aryl methyl sites for hydroxylation is 1. The average molecular weight is 339 g/mol. The molecule has 3 rings (SSSR count). The van der Waals surface area contributed by atoms with Gasteiger partial charge in [0.2, 0.25) is 5.91 Å². The van der Waals surface area contributed by atoms with Crippen LogP contribution in [0.5, 0.6) is 0 Å². The lowest BCUT2D eigenvalue weighted by Crippen LogP contribution is -2.42. The molecular weight excluding hydrogens is 316 g/mol. The van der Waals surface area contributed by atoms with Crippen LogP contribution in [0.1, 0.15) is 35.2 Å². The Morgan fingerprint density at radius 3 is 2.57 bits per heavy atom. The number of methoxy groups -OCH3 is 1. The minimum Gasteiger partial charge on any atom is -0.465 e. The molecule has 1 amide bonds. The fraction of sp³-hybridized carbons (Fsp3) is 0.529. The monoisotopic (exact) mass is 338 g/mol. The second-order valence-electron chi connectivity index (χ2n) is 6.45. The third-order valence-electron chi connectivity index (χ3n) is 5.20. The van der Waals surface area contributed by atoms with Crippen LogP contribution in [-0.2, 0) is 9.53 Å². The molecule has 6 heteroatoms. The van der Waals surface area contributed by atoms with Crippen molar-refractivity contribution in [1.29, 1.82) is 0 Å². The van der Waals surface area contributed by atoms with Crippen molar-refractivity contribution in [1.82, 2.24) is 0 Å². The summed E-state index contributed by atoms with van der Waals surface area (Å²) < 4.78 is 4.72. The number of benzene rings is 1. The fourth-order valence-corrected chi connectivity index (χ4v) is 3.94. The first-order valence-electron chi connectivity index (χ1n) is 7.76. The molecule has 2 saturated carbocycles. The third-order valence-corrected chi connectivity index (χ3v) is 5.20. The van der Waals surface area contributed by atoms with E-state index < -0.39 is 5.97 Å². The van der Waals surface area contributed by atoms with E-state index in [1.54, 1.807) is 12.1 Å². The van der Waals surface area contributed by atoms with Gasteiger partial charge in [-0.1, -0.05) is 6.07 Å². The molecule has 23 heavy (non-hydrogen) atoms. The van der Waals surface area contributed by atoms with Crippen LogP contribution in [-0.4, -0.2) is 25.0 Å². The molecule has 5 nitrogen and oxygen atoms in total. The summed E-state index contributed by atoms with van der Waals surface area (Å²) in [5, 5.41) is 2.96. The summed E-state index contributed by atoms with van der Waals surface area (Å²) in [6.07, 6.45) is 3.31. The Bertz CT molecular complexity index is 618. The first-order chi connectivity index (χ1) is 10.5. The van der Waals surface area contributed by atoms with Crippen molar-refractivity contribution in [3.05, 3.63) is 29.3 Å². The lowest BCUT2D eigenvalue weighted by Gasteiger charge is -2.27. The van der Waals surface area contributed by atoms with E-state index in [2.05, 4.69) is 5.32 Å². The Morgan fingerprint density at radius 1 is 1.26 bits per heavy atom. The first kappa shape index (κ1) is 17.8. The topological polar surface area (TPSA) is 81.4 Å². The maximum absolute atomic E-state index is 12.6. The van der Waals surface area contributed by atoms with Crippen molar-refractivity contribution in [2.45, 2.75) is 32.2 Å². The van der Waals surface area contributed by atoms with Crippen LogP contribution in [0.4, 0.5) is 5.69 Å². The molecule has 2 bridgehead atoms. The molecule has 0 saturated heterocycles. The summed E-state index contributed by atoms with van der Waals surface area (Å²) in [6, 6.07) is 5.13. The fourth-order valence-electron chi connectivity index (χ4n) is 3.94. The molecule has 0 aromatic heterocycles. The van der Waals surface area contributed by atoms with Gasteiger partial charge in [0.1, 0.15) is 0 Å². The molecule has 0 heterocycles. The van der Waals surface area contributed by atoms with E-state index in [4.69, 9.17) is 10.5 Å². The molecule has 1 aromatic carbocycles. The van der Waals surface area contributed by atoms with Crippen LogP contribution in [0.15, 0.2) is 18.2 Å². The van der Waals surface area contributed by atoms with E-state index in [-0.39, 0.29) is 30.3 Å². The SMILES string of the molecule is COC(=O)c1ccc(C)c(NC(=O)C2C3CCC(C3)C2N)c1.Cl. The molecule has 1 aromatic rings. The Hall–Kier alpha value is -1.59. The molecule has 0 radical (unpaired) electrons. The van der Waals surface area contributed by atoms with Crippen LogP contribution in [0, 0.1) is 24.7 Å². The van der Waals surface area contributed by atoms with E-state index >= 15 is 0 Å². The second kappa shape index (κ2) is 6.89. The number of halogens is 1. The standard InChI is InChI=1S/C17H22N2O3.ClH/c1-9-3-4-12(17(21)22-2)8-13(9)19-16(20)14-10-5-6-11(7-10)15(14)18;/h3-4,8,10-11,14-15H,5-7,18H2,1-2H3,(H,19,20);1H. The Morgan fingerprint density at radius 2 is 1.96 bits per heavy atom. The van der Waals surface area contributed by atoms with Crippen molar-refractivity contribution in [2.24, 2.45) is 23.5 Å². The molecule has 0 aliphatic heterocycles. The largest absolute Gasteiger partial charge is 0.465 e. The lowest BCUT2D eigenvalue weighted by atomic mass is 9.84. The van der Waals surface area contributed by atoms with Gasteiger partial charge in [0, 0.05) is 11.7 Å². The average Bonchev–Trinajstić information content (AvgIpc) is 3.09. The van der Waals surface area contributed by atoms with Gasteiger partial charge < -0.3 is 15.8 Å². The second-order valence-corrected chi connectivity index (χ2v) is 6.45. The van der Waals surface area contributed by atoms with Crippen LogP contribution in [0.25, 0.3) is 0 Å². The highest BCUT2D eigenvalue weighted by atomic mass is 35.5. The van der Waals surface area contributed by atoms with E-state index in [1.807, 2.05) is 13.0 Å².